The van der Waals surface area contributed by atoms with E-state index in [0.717, 1.165) is 25.2 Å². The summed E-state index contributed by atoms with van der Waals surface area (Å²) in [7, 11) is 0. The Labute approximate surface area is 112 Å². The zero-order valence-corrected chi connectivity index (χ0v) is 11.3. The van der Waals surface area contributed by atoms with E-state index in [1.54, 1.807) is 0 Å². The van der Waals surface area contributed by atoms with Gasteiger partial charge in [0.25, 0.3) is 0 Å². The summed E-state index contributed by atoms with van der Waals surface area (Å²) < 4.78 is 5.15. The number of rotatable bonds is 9. The maximum absolute atomic E-state index is 10.4. The van der Waals surface area contributed by atoms with E-state index in [0.29, 0.717) is 24.3 Å². The van der Waals surface area contributed by atoms with Crippen LogP contribution in [0.25, 0.3) is 0 Å². The van der Waals surface area contributed by atoms with Crippen molar-refractivity contribution >= 4 is 5.97 Å². The molecule has 6 heteroatoms. The Kier molecular flexibility index (Phi) is 4.90. The predicted molar refractivity (Wildman–Crippen MR) is 68.6 cm³/mol. The van der Waals surface area contributed by atoms with Crippen molar-refractivity contribution in [2.75, 3.05) is 6.54 Å². The minimum atomic E-state index is -0.724. The molecule has 1 atom stereocenters. The van der Waals surface area contributed by atoms with E-state index in [1.807, 2.05) is 0 Å². The van der Waals surface area contributed by atoms with Crippen LogP contribution in [0.1, 0.15) is 56.7 Å². The van der Waals surface area contributed by atoms with E-state index < -0.39 is 5.97 Å². The molecular weight excluding hydrogens is 246 g/mol. The zero-order valence-electron chi connectivity index (χ0n) is 11.3. The third-order valence-electron chi connectivity index (χ3n) is 3.37. The minimum Gasteiger partial charge on any atom is -0.481 e. The topological polar surface area (TPSA) is 88.3 Å². The van der Waals surface area contributed by atoms with E-state index in [9.17, 15) is 4.79 Å². The largest absolute Gasteiger partial charge is 0.481 e. The van der Waals surface area contributed by atoms with E-state index in [1.165, 1.54) is 12.8 Å². The molecule has 19 heavy (non-hydrogen) atoms. The summed E-state index contributed by atoms with van der Waals surface area (Å²) in [5.74, 6) is 1.69. The summed E-state index contributed by atoms with van der Waals surface area (Å²) in [6.07, 6.45) is 4.27. The van der Waals surface area contributed by atoms with Gasteiger partial charge in [-0.25, -0.2) is 0 Å². The predicted octanol–water partition coefficient (Wildman–Crippen LogP) is 1.93. The van der Waals surface area contributed by atoms with E-state index >= 15 is 0 Å². The summed E-state index contributed by atoms with van der Waals surface area (Å²) in [5.41, 5.74) is 0. The standard InChI is InChI=1S/C13H21N3O3/c1-9(2-5-12(17)18)6-7-14-8-11-15-13(16-19-11)10-3-4-10/h9-10,14H,2-8H2,1H3,(H,17,18). The lowest BCUT2D eigenvalue weighted by molar-refractivity contribution is -0.137. The van der Waals surface area contributed by atoms with E-state index in [-0.39, 0.29) is 6.42 Å². The summed E-state index contributed by atoms with van der Waals surface area (Å²) in [6, 6.07) is 0. The molecule has 1 aliphatic rings. The van der Waals surface area contributed by atoms with Crippen molar-refractivity contribution in [1.29, 1.82) is 0 Å². The Balaban J connectivity index is 1.56. The molecule has 1 fully saturated rings. The first-order valence-corrected chi connectivity index (χ1v) is 6.90. The number of nitrogens with zero attached hydrogens (tertiary/aromatic N) is 2. The molecule has 1 heterocycles. The Morgan fingerprint density at radius 3 is 3.00 bits per heavy atom. The molecule has 0 bridgehead atoms. The highest BCUT2D eigenvalue weighted by Crippen LogP contribution is 2.37. The second-order valence-corrected chi connectivity index (χ2v) is 5.32. The number of carbonyl (C=O) groups is 1. The van der Waals surface area contributed by atoms with Gasteiger partial charge >= 0.3 is 5.97 Å². The van der Waals surface area contributed by atoms with Crippen LogP contribution in [0.4, 0.5) is 0 Å². The van der Waals surface area contributed by atoms with Crippen molar-refractivity contribution in [2.45, 2.75) is 51.5 Å². The normalized spacial score (nSPS) is 16.5. The number of hydrogen-bond acceptors (Lipinski definition) is 5. The first-order chi connectivity index (χ1) is 9.15. The van der Waals surface area contributed by atoms with Crippen LogP contribution in [-0.2, 0) is 11.3 Å². The Hall–Kier alpha value is -1.43. The number of carboxylic acid groups (broad SMARTS) is 1. The number of carboxylic acids is 1. The van der Waals surface area contributed by atoms with Crippen molar-refractivity contribution in [2.24, 2.45) is 5.92 Å². The molecule has 1 unspecified atom stereocenters. The molecule has 0 aliphatic heterocycles. The molecule has 0 saturated heterocycles. The van der Waals surface area contributed by atoms with Crippen molar-refractivity contribution < 1.29 is 14.4 Å². The first kappa shape index (κ1) is 14.0. The van der Waals surface area contributed by atoms with Gasteiger partial charge < -0.3 is 14.9 Å². The van der Waals surface area contributed by atoms with Crippen LogP contribution in [0.3, 0.4) is 0 Å². The molecule has 1 saturated carbocycles. The van der Waals surface area contributed by atoms with Gasteiger partial charge in [0.1, 0.15) is 0 Å². The lowest BCUT2D eigenvalue weighted by atomic mass is 10.0. The fourth-order valence-corrected chi connectivity index (χ4v) is 1.91. The van der Waals surface area contributed by atoms with Crippen molar-refractivity contribution in [3.05, 3.63) is 11.7 Å². The number of aliphatic carboxylic acids is 1. The maximum Gasteiger partial charge on any atom is 0.303 e. The second kappa shape index (κ2) is 6.65. The quantitative estimate of drug-likeness (QED) is 0.665. The maximum atomic E-state index is 10.4. The lowest BCUT2D eigenvalue weighted by Crippen LogP contribution is -2.17. The van der Waals surface area contributed by atoms with Gasteiger partial charge in [0.2, 0.25) is 5.89 Å². The van der Waals surface area contributed by atoms with Gasteiger partial charge in [-0.05, 0) is 38.1 Å². The molecule has 6 nitrogen and oxygen atoms in total. The average molecular weight is 267 g/mol. The van der Waals surface area contributed by atoms with Crippen LogP contribution < -0.4 is 5.32 Å². The first-order valence-electron chi connectivity index (χ1n) is 6.90. The zero-order chi connectivity index (χ0) is 13.7. The molecule has 0 spiro atoms. The highest BCUT2D eigenvalue weighted by Gasteiger charge is 2.28. The molecule has 2 rings (SSSR count). The fraction of sp³-hybridized carbons (Fsp3) is 0.769. The molecule has 2 N–H and O–H groups in total. The Bertz CT molecular complexity index is 415. The number of aromatic nitrogens is 2. The Morgan fingerprint density at radius 2 is 2.32 bits per heavy atom. The molecule has 1 aliphatic carbocycles. The van der Waals surface area contributed by atoms with Gasteiger partial charge in [-0.1, -0.05) is 12.1 Å². The van der Waals surface area contributed by atoms with Gasteiger partial charge in [-0.2, -0.15) is 4.98 Å². The molecular formula is C13H21N3O3. The van der Waals surface area contributed by atoms with Crippen LogP contribution in [0, 0.1) is 5.92 Å². The van der Waals surface area contributed by atoms with Gasteiger partial charge in [-0.15, -0.1) is 0 Å². The molecule has 1 aromatic rings. The van der Waals surface area contributed by atoms with Crippen molar-refractivity contribution in [1.82, 2.24) is 15.5 Å². The van der Waals surface area contributed by atoms with Crippen LogP contribution in [0.15, 0.2) is 4.52 Å². The van der Waals surface area contributed by atoms with Gasteiger partial charge in [0.15, 0.2) is 5.82 Å². The van der Waals surface area contributed by atoms with Gasteiger partial charge in [0, 0.05) is 12.3 Å². The summed E-state index contributed by atoms with van der Waals surface area (Å²) >= 11 is 0. The Morgan fingerprint density at radius 1 is 1.53 bits per heavy atom. The summed E-state index contributed by atoms with van der Waals surface area (Å²) in [6.45, 7) is 3.50. The third-order valence-corrected chi connectivity index (χ3v) is 3.37. The second-order valence-electron chi connectivity index (χ2n) is 5.32. The monoisotopic (exact) mass is 267 g/mol. The minimum absolute atomic E-state index is 0.246. The molecule has 0 amide bonds. The van der Waals surface area contributed by atoms with E-state index in [4.69, 9.17) is 9.63 Å². The van der Waals surface area contributed by atoms with E-state index in [2.05, 4.69) is 22.4 Å². The van der Waals surface area contributed by atoms with Gasteiger partial charge in [0.05, 0.1) is 6.54 Å². The van der Waals surface area contributed by atoms with Crippen LogP contribution in [0.2, 0.25) is 0 Å². The average Bonchev–Trinajstić information content (AvgIpc) is 3.12. The molecule has 106 valence electrons. The summed E-state index contributed by atoms with van der Waals surface area (Å²) in [4.78, 5) is 14.8. The van der Waals surface area contributed by atoms with Gasteiger partial charge in [-0.3, -0.25) is 4.79 Å². The SMILES string of the molecule is CC(CCNCc1nc(C2CC2)no1)CCC(=O)O. The molecule has 0 aromatic carbocycles. The number of hydrogen-bond donors (Lipinski definition) is 2. The fourth-order valence-electron chi connectivity index (χ4n) is 1.91. The van der Waals surface area contributed by atoms with Crippen LogP contribution >= 0.6 is 0 Å². The van der Waals surface area contributed by atoms with Crippen molar-refractivity contribution in [3.63, 3.8) is 0 Å². The highest BCUT2D eigenvalue weighted by molar-refractivity contribution is 5.66. The van der Waals surface area contributed by atoms with Crippen molar-refractivity contribution in [3.8, 4) is 0 Å². The van der Waals surface area contributed by atoms with Crippen LogP contribution in [0.5, 0.6) is 0 Å². The lowest BCUT2D eigenvalue weighted by Gasteiger charge is -2.09. The summed E-state index contributed by atoms with van der Waals surface area (Å²) in [5, 5.41) is 15.8. The molecule has 1 aromatic heterocycles. The third kappa shape index (κ3) is 4.98. The number of nitrogens with one attached hydrogen (secondary N) is 1. The smallest absolute Gasteiger partial charge is 0.303 e. The molecule has 0 radical (unpaired) electrons. The highest BCUT2D eigenvalue weighted by atomic mass is 16.5. The van der Waals surface area contributed by atoms with Crippen LogP contribution in [-0.4, -0.2) is 27.8 Å².